The summed E-state index contributed by atoms with van der Waals surface area (Å²) in [5, 5.41) is 14.1. The highest BCUT2D eigenvalue weighted by atomic mass is 28.4. The first-order valence-electron chi connectivity index (χ1n) is 11.1. The van der Waals surface area contributed by atoms with Gasteiger partial charge in [0.2, 0.25) is 5.95 Å². The van der Waals surface area contributed by atoms with Gasteiger partial charge in [0.1, 0.15) is 12.2 Å². The average molecular weight is 452 g/mol. The molecule has 2 aromatic rings. The Balaban J connectivity index is 2.02. The van der Waals surface area contributed by atoms with E-state index in [0.29, 0.717) is 30.5 Å². The Morgan fingerprint density at radius 2 is 2.06 bits per heavy atom. The summed E-state index contributed by atoms with van der Waals surface area (Å²) in [5.41, 5.74) is 0.328. The summed E-state index contributed by atoms with van der Waals surface area (Å²) in [6, 6.07) is 0. The van der Waals surface area contributed by atoms with Crippen LogP contribution in [0.1, 0.15) is 54.2 Å². The maximum Gasteiger partial charge on any atom is 0.280 e. The molecule has 1 fully saturated rings. The summed E-state index contributed by atoms with van der Waals surface area (Å²) >= 11 is 0. The van der Waals surface area contributed by atoms with E-state index in [0.717, 1.165) is 0 Å². The minimum absolute atomic E-state index is 0.0259. The van der Waals surface area contributed by atoms with Gasteiger partial charge in [0.25, 0.3) is 5.56 Å². The van der Waals surface area contributed by atoms with Crippen LogP contribution in [0.4, 0.5) is 5.95 Å². The molecule has 4 atom stereocenters. The van der Waals surface area contributed by atoms with Crippen LogP contribution in [0.2, 0.25) is 18.1 Å². The van der Waals surface area contributed by atoms with Crippen LogP contribution < -0.4 is 10.9 Å². The lowest BCUT2D eigenvalue weighted by molar-refractivity contribution is -0.0325. The number of aliphatic hydroxyl groups is 1. The second-order valence-corrected chi connectivity index (χ2v) is 15.1. The molecule has 3 rings (SSSR count). The number of aromatic amines is 1. The number of imidazole rings is 1. The number of H-pyrrole nitrogens is 1. The summed E-state index contributed by atoms with van der Waals surface area (Å²) in [5.74, 6) is 0.785. The van der Waals surface area contributed by atoms with Gasteiger partial charge in [0, 0.05) is 6.54 Å². The van der Waals surface area contributed by atoms with Crippen molar-refractivity contribution in [3.63, 3.8) is 0 Å². The quantitative estimate of drug-likeness (QED) is 0.554. The van der Waals surface area contributed by atoms with E-state index in [1.54, 1.807) is 10.9 Å². The molecule has 0 spiro atoms. The molecule has 2 aromatic heterocycles. The van der Waals surface area contributed by atoms with Crippen molar-refractivity contribution in [2.45, 2.75) is 90.6 Å². The van der Waals surface area contributed by atoms with Gasteiger partial charge in [-0.2, -0.15) is 4.98 Å². The van der Waals surface area contributed by atoms with Crippen molar-refractivity contribution in [2.24, 2.45) is 5.92 Å². The number of nitrogens with zero attached hydrogens (tertiary/aromatic N) is 3. The lowest BCUT2D eigenvalue weighted by Crippen LogP contribution is -2.48. The van der Waals surface area contributed by atoms with Gasteiger partial charge < -0.3 is 19.6 Å². The van der Waals surface area contributed by atoms with Gasteiger partial charge in [0.05, 0.1) is 12.4 Å². The van der Waals surface area contributed by atoms with Gasteiger partial charge in [-0.05, 0) is 30.5 Å². The molecule has 1 saturated heterocycles. The maximum atomic E-state index is 12.6. The number of hydrogen-bond donors (Lipinski definition) is 3. The molecule has 31 heavy (non-hydrogen) atoms. The third-order valence-corrected chi connectivity index (χ3v) is 10.8. The van der Waals surface area contributed by atoms with E-state index in [1.165, 1.54) is 0 Å². The molecular weight excluding hydrogens is 414 g/mol. The predicted octanol–water partition coefficient (Wildman–Crippen LogP) is 3.25. The van der Waals surface area contributed by atoms with Crippen LogP contribution in [0.15, 0.2) is 11.1 Å². The Bertz CT molecular complexity index is 965. The van der Waals surface area contributed by atoms with E-state index in [1.807, 2.05) is 6.92 Å². The number of aromatic nitrogens is 4. The van der Waals surface area contributed by atoms with Gasteiger partial charge in [0.15, 0.2) is 25.7 Å². The molecule has 174 valence electrons. The van der Waals surface area contributed by atoms with Crippen LogP contribution >= 0.6 is 0 Å². The number of aliphatic hydroxyl groups excluding tert-OH is 1. The first kappa shape index (κ1) is 23.9. The Kier molecular flexibility index (Phi) is 6.67. The number of fused-ring (bicyclic) bond motifs is 1. The molecule has 9 nitrogen and oxygen atoms in total. The number of rotatable bonds is 7. The van der Waals surface area contributed by atoms with Crippen LogP contribution in [0, 0.1) is 5.92 Å². The van der Waals surface area contributed by atoms with Gasteiger partial charge in [-0.1, -0.05) is 41.5 Å². The molecule has 1 unspecified atom stereocenters. The van der Waals surface area contributed by atoms with Crippen LogP contribution in [0.3, 0.4) is 0 Å². The molecule has 0 saturated carbocycles. The smallest absolute Gasteiger partial charge is 0.280 e. The second-order valence-electron chi connectivity index (χ2n) is 10.3. The second kappa shape index (κ2) is 8.65. The minimum Gasteiger partial charge on any atom is -0.407 e. The normalized spacial score (nSPS) is 25.0. The Morgan fingerprint density at radius 3 is 2.65 bits per heavy atom. The Morgan fingerprint density at radius 1 is 1.39 bits per heavy atom. The summed E-state index contributed by atoms with van der Waals surface area (Å²) < 4.78 is 14.6. The fourth-order valence-electron chi connectivity index (χ4n) is 3.42. The SMILES string of the molecule is CC[C@H]1O[C@@H](n2cnc3c(=O)[nH]c(NCC(C)C)nc32)[C@@H](O[Si](C)(C)C(C)(C)C)C1O. The molecular formula is C21H37N5O4Si. The van der Waals surface area contributed by atoms with Crippen molar-refractivity contribution in [3.8, 4) is 0 Å². The number of anilines is 1. The zero-order valence-corrected chi connectivity index (χ0v) is 20.9. The first-order valence-corrected chi connectivity index (χ1v) is 14.0. The van der Waals surface area contributed by atoms with Crippen LogP contribution in [-0.2, 0) is 9.16 Å². The van der Waals surface area contributed by atoms with E-state index in [9.17, 15) is 9.90 Å². The highest BCUT2D eigenvalue weighted by molar-refractivity contribution is 6.74. The first-order chi connectivity index (χ1) is 14.4. The van der Waals surface area contributed by atoms with E-state index in [2.05, 4.69) is 68.0 Å². The predicted molar refractivity (Wildman–Crippen MR) is 124 cm³/mol. The lowest BCUT2D eigenvalue weighted by atomic mass is 10.1. The molecule has 10 heteroatoms. The number of nitrogens with one attached hydrogen (secondary N) is 2. The van der Waals surface area contributed by atoms with Gasteiger partial charge in [-0.25, -0.2) is 4.98 Å². The molecule has 0 aliphatic carbocycles. The van der Waals surface area contributed by atoms with Crippen LogP contribution in [-0.4, -0.2) is 57.8 Å². The average Bonchev–Trinajstić information content (AvgIpc) is 3.21. The molecule has 0 radical (unpaired) electrons. The molecule has 1 aliphatic heterocycles. The summed E-state index contributed by atoms with van der Waals surface area (Å²) in [7, 11) is -2.20. The van der Waals surface area contributed by atoms with Gasteiger partial charge >= 0.3 is 0 Å². The van der Waals surface area contributed by atoms with E-state index in [4.69, 9.17) is 9.16 Å². The third kappa shape index (κ3) is 4.71. The topological polar surface area (TPSA) is 114 Å². The number of ether oxygens (including phenoxy) is 1. The zero-order valence-electron chi connectivity index (χ0n) is 19.9. The summed E-state index contributed by atoms with van der Waals surface area (Å²) in [6.07, 6.45) is -0.129. The summed E-state index contributed by atoms with van der Waals surface area (Å²) in [6.45, 7) is 17.6. The fourth-order valence-corrected chi connectivity index (χ4v) is 4.71. The van der Waals surface area contributed by atoms with Gasteiger partial charge in [-0.15, -0.1) is 0 Å². The molecule has 0 aromatic carbocycles. The maximum absolute atomic E-state index is 12.6. The van der Waals surface area contributed by atoms with E-state index >= 15 is 0 Å². The fraction of sp³-hybridized carbons (Fsp3) is 0.762. The highest BCUT2D eigenvalue weighted by Gasteiger charge is 2.50. The highest BCUT2D eigenvalue weighted by Crippen LogP contribution is 2.42. The lowest BCUT2D eigenvalue weighted by Gasteiger charge is -2.40. The Hall–Kier alpha value is -1.75. The van der Waals surface area contributed by atoms with Crippen molar-refractivity contribution in [2.75, 3.05) is 11.9 Å². The molecule has 0 bridgehead atoms. The monoisotopic (exact) mass is 451 g/mol. The summed E-state index contributed by atoms with van der Waals surface area (Å²) in [4.78, 5) is 24.2. The third-order valence-electron chi connectivity index (χ3n) is 6.34. The molecule has 3 heterocycles. The standard InChI is InChI=1S/C21H37N5O4Si/c1-9-13-15(27)16(30-31(7,8)21(4,5)6)19(29-13)26-11-23-14-17(26)24-20(25-18(14)28)22-10-12(2)3/h11-13,15-16,19,27H,9-10H2,1-8H3,(H2,22,24,25,28)/t13-,15?,16+,19-/m1/s1. The van der Waals surface area contributed by atoms with Crippen molar-refractivity contribution in [1.29, 1.82) is 0 Å². The van der Waals surface area contributed by atoms with E-state index < -0.39 is 26.8 Å². The van der Waals surface area contributed by atoms with Gasteiger partial charge in [-0.3, -0.25) is 14.3 Å². The van der Waals surface area contributed by atoms with Crippen molar-refractivity contribution in [3.05, 3.63) is 16.7 Å². The van der Waals surface area contributed by atoms with E-state index in [-0.39, 0.29) is 22.2 Å². The van der Waals surface area contributed by atoms with Crippen molar-refractivity contribution in [1.82, 2.24) is 19.5 Å². The Labute approximate surface area is 184 Å². The van der Waals surface area contributed by atoms with Crippen LogP contribution in [0.5, 0.6) is 0 Å². The minimum atomic E-state index is -2.20. The van der Waals surface area contributed by atoms with Crippen molar-refractivity contribution < 1.29 is 14.3 Å². The molecule has 1 aliphatic rings. The number of hydrogen-bond acceptors (Lipinski definition) is 7. The zero-order chi connectivity index (χ0) is 23.1. The molecule has 3 N–H and O–H groups in total. The van der Waals surface area contributed by atoms with Crippen molar-refractivity contribution >= 4 is 25.4 Å². The van der Waals surface area contributed by atoms with Crippen LogP contribution in [0.25, 0.3) is 11.2 Å². The molecule has 0 amide bonds. The largest absolute Gasteiger partial charge is 0.407 e.